The fourth-order valence-electron chi connectivity index (χ4n) is 4.73. The number of hydrogen-bond donors (Lipinski definition) is 1. The van der Waals surface area contributed by atoms with Crippen LogP contribution in [0.5, 0.6) is 11.5 Å². The van der Waals surface area contributed by atoms with Crippen molar-refractivity contribution in [3.05, 3.63) is 58.7 Å². The Balaban J connectivity index is 1.45. The summed E-state index contributed by atoms with van der Waals surface area (Å²) in [6, 6.07) is 13.0. The molecule has 4 rings (SSSR count). The highest BCUT2D eigenvalue weighted by Crippen LogP contribution is 2.38. The Morgan fingerprint density at radius 2 is 1.87 bits per heavy atom. The van der Waals surface area contributed by atoms with Crippen LogP contribution in [0.4, 0.5) is 0 Å². The van der Waals surface area contributed by atoms with Crippen molar-refractivity contribution in [1.82, 2.24) is 4.90 Å². The summed E-state index contributed by atoms with van der Waals surface area (Å²) in [5, 5.41) is 0. The Labute approximate surface area is 180 Å². The fourth-order valence-corrected chi connectivity index (χ4v) is 4.73. The lowest BCUT2D eigenvalue weighted by Crippen LogP contribution is -3.14. The standard InChI is InChI=1S/C25H34N2O3/c1-19-23-17-26(2)18-24(20-5-7-21(28-3)8-6-20)22(23)9-10-25(19)30-14-4-11-27-12-15-29-16-13-27/h5-10,24H,4,11-18H2,1-3H3/p+1. The quantitative estimate of drug-likeness (QED) is 0.709. The summed E-state index contributed by atoms with van der Waals surface area (Å²) in [5.41, 5.74) is 5.48. The molecule has 2 aromatic carbocycles. The first kappa shape index (κ1) is 21.2. The first-order chi connectivity index (χ1) is 14.7. The van der Waals surface area contributed by atoms with Gasteiger partial charge in [-0.15, -0.1) is 0 Å². The highest BCUT2D eigenvalue weighted by molar-refractivity contribution is 5.50. The Morgan fingerprint density at radius 1 is 1.10 bits per heavy atom. The topological polar surface area (TPSA) is 35.4 Å². The van der Waals surface area contributed by atoms with Crippen molar-refractivity contribution in [2.45, 2.75) is 25.8 Å². The van der Waals surface area contributed by atoms with Crippen molar-refractivity contribution in [2.24, 2.45) is 0 Å². The van der Waals surface area contributed by atoms with Crippen LogP contribution in [0, 0.1) is 6.92 Å². The van der Waals surface area contributed by atoms with Gasteiger partial charge in [-0.25, -0.2) is 0 Å². The van der Waals surface area contributed by atoms with Gasteiger partial charge >= 0.3 is 0 Å². The minimum Gasteiger partial charge on any atom is -0.497 e. The van der Waals surface area contributed by atoms with Crippen molar-refractivity contribution < 1.29 is 19.1 Å². The molecule has 0 saturated carbocycles. The predicted molar refractivity (Wildman–Crippen MR) is 119 cm³/mol. The molecule has 1 fully saturated rings. The number of quaternary nitrogens is 1. The molecule has 0 aromatic heterocycles. The average molecular weight is 412 g/mol. The molecule has 0 spiro atoms. The Morgan fingerprint density at radius 3 is 2.60 bits per heavy atom. The van der Waals surface area contributed by atoms with Crippen LogP contribution in [-0.4, -0.2) is 65.1 Å². The molecule has 0 radical (unpaired) electrons. The zero-order valence-electron chi connectivity index (χ0n) is 18.6. The van der Waals surface area contributed by atoms with Crippen LogP contribution in [0.25, 0.3) is 0 Å². The molecule has 5 nitrogen and oxygen atoms in total. The molecule has 1 atom stereocenters. The van der Waals surface area contributed by atoms with Crippen LogP contribution in [-0.2, 0) is 11.3 Å². The van der Waals surface area contributed by atoms with E-state index in [4.69, 9.17) is 14.2 Å². The van der Waals surface area contributed by atoms with Gasteiger partial charge in [-0.3, -0.25) is 0 Å². The second-order valence-corrected chi connectivity index (χ2v) is 8.59. The molecule has 2 aliphatic rings. The number of rotatable bonds is 7. The lowest BCUT2D eigenvalue weighted by molar-refractivity contribution is -0.908. The van der Waals surface area contributed by atoms with Crippen molar-refractivity contribution in [2.75, 3.05) is 60.2 Å². The number of benzene rings is 2. The Bertz CT molecular complexity index is 831. The summed E-state index contributed by atoms with van der Waals surface area (Å²) in [5.74, 6) is 2.32. The number of nitrogens with one attached hydrogen (secondary N) is 1. The Kier molecular flexibility index (Phi) is 6.93. The van der Waals surface area contributed by atoms with E-state index in [-0.39, 0.29) is 0 Å². The van der Waals surface area contributed by atoms with Crippen LogP contribution in [0.15, 0.2) is 36.4 Å². The largest absolute Gasteiger partial charge is 0.497 e. The van der Waals surface area contributed by atoms with Gasteiger partial charge in [0, 0.05) is 25.4 Å². The van der Waals surface area contributed by atoms with Crippen LogP contribution >= 0.6 is 0 Å². The average Bonchev–Trinajstić information content (AvgIpc) is 2.78. The van der Waals surface area contributed by atoms with Crippen molar-refractivity contribution >= 4 is 0 Å². The molecule has 0 amide bonds. The van der Waals surface area contributed by atoms with E-state index in [1.807, 2.05) is 0 Å². The number of ether oxygens (including phenoxy) is 3. The summed E-state index contributed by atoms with van der Waals surface area (Å²) in [4.78, 5) is 4.05. The van der Waals surface area contributed by atoms with Gasteiger partial charge in [0.25, 0.3) is 0 Å². The summed E-state index contributed by atoms with van der Waals surface area (Å²) < 4.78 is 17.0. The van der Waals surface area contributed by atoms with Crippen LogP contribution < -0.4 is 14.4 Å². The van der Waals surface area contributed by atoms with Gasteiger partial charge in [-0.05, 0) is 54.4 Å². The van der Waals surface area contributed by atoms with E-state index in [2.05, 4.69) is 55.3 Å². The van der Waals surface area contributed by atoms with Gasteiger partial charge in [0.05, 0.1) is 33.5 Å². The second kappa shape index (κ2) is 9.82. The van der Waals surface area contributed by atoms with Crippen LogP contribution in [0.1, 0.15) is 34.6 Å². The van der Waals surface area contributed by atoms with E-state index >= 15 is 0 Å². The van der Waals surface area contributed by atoms with Gasteiger partial charge in [0.1, 0.15) is 24.6 Å². The van der Waals surface area contributed by atoms with E-state index in [1.54, 1.807) is 12.0 Å². The molecule has 2 aromatic rings. The number of fused-ring (bicyclic) bond motifs is 1. The first-order valence-corrected chi connectivity index (χ1v) is 11.1. The van der Waals surface area contributed by atoms with E-state index < -0.39 is 0 Å². The molecular formula is C25H35N2O3+. The maximum Gasteiger partial charge on any atom is 0.122 e. The van der Waals surface area contributed by atoms with E-state index in [0.717, 1.165) is 70.5 Å². The SMILES string of the molecule is COc1ccc(C2CN(C)Cc3c2ccc(OCCC[NH+]2CCOCC2)c3C)cc1. The third-order valence-electron chi connectivity index (χ3n) is 6.53. The molecule has 30 heavy (non-hydrogen) atoms. The van der Waals surface area contributed by atoms with E-state index in [0.29, 0.717) is 5.92 Å². The molecule has 2 heterocycles. The minimum atomic E-state index is 0.377. The third-order valence-corrected chi connectivity index (χ3v) is 6.53. The molecule has 1 unspecified atom stereocenters. The van der Waals surface area contributed by atoms with E-state index in [1.165, 1.54) is 22.3 Å². The number of nitrogens with zero attached hydrogens (tertiary/aromatic N) is 1. The highest BCUT2D eigenvalue weighted by Gasteiger charge is 2.27. The maximum absolute atomic E-state index is 6.22. The monoisotopic (exact) mass is 411 g/mol. The first-order valence-electron chi connectivity index (χ1n) is 11.1. The third kappa shape index (κ3) is 4.80. The lowest BCUT2D eigenvalue weighted by atomic mass is 9.83. The molecule has 1 N–H and O–H groups in total. The molecule has 0 aliphatic carbocycles. The summed E-state index contributed by atoms with van der Waals surface area (Å²) in [7, 11) is 3.92. The zero-order valence-corrected chi connectivity index (χ0v) is 18.6. The maximum atomic E-state index is 6.22. The number of hydrogen-bond acceptors (Lipinski definition) is 4. The molecule has 1 saturated heterocycles. The number of likely N-dealkylation sites (N-methyl/N-ethyl adjacent to an activating group) is 1. The molecule has 2 aliphatic heterocycles. The summed E-state index contributed by atoms with van der Waals surface area (Å²) in [6.45, 7) is 10.2. The molecular weight excluding hydrogens is 376 g/mol. The molecule has 0 bridgehead atoms. The highest BCUT2D eigenvalue weighted by atomic mass is 16.5. The van der Waals surface area contributed by atoms with Crippen molar-refractivity contribution in [3.63, 3.8) is 0 Å². The minimum absolute atomic E-state index is 0.377. The smallest absolute Gasteiger partial charge is 0.122 e. The van der Waals surface area contributed by atoms with Crippen molar-refractivity contribution in [1.29, 1.82) is 0 Å². The number of morpholine rings is 1. The van der Waals surface area contributed by atoms with Gasteiger partial charge < -0.3 is 24.0 Å². The van der Waals surface area contributed by atoms with Crippen LogP contribution in [0.3, 0.4) is 0 Å². The molecule has 162 valence electrons. The van der Waals surface area contributed by atoms with Gasteiger partial charge in [-0.2, -0.15) is 0 Å². The van der Waals surface area contributed by atoms with Gasteiger partial charge in [-0.1, -0.05) is 18.2 Å². The zero-order chi connectivity index (χ0) is 20.9. The lowest BCUT2D eigenvalue weighted by Gasteiger charge is -2.34. The van der Waals surface area contributed by atoms with Gasteiger partial charge in [0.2, 0.25) is 0 Å². The number of methoxy groups -OCH3 is 1. The normalized spacial score (nSPS) is 20.0. The fraction of sp³-hybridized carbons (Fsp3) is 0.520. The predicted octanol–water partition coefficient (Wildman–Crippen LogP) is 2.26. The summed E-state index contributed by atoms with van der Waals surface area (Å²) in [6.07, 6.45) is 1.08. The van der Waals surface area contributed by atoms with Gasteiger partial charge in [0.15, 0.2) is 0 Å². The Hall–Kier alpha value is -2.08. The van der Waals surface area contributed by atoms with Crippen LogP contribution in [0.2, 0.25) is 0 Å². The van der Waals surface area contributed by atoms with Crippen molar-refractivity contribution in [3.8, 4) is 11.5 Å². The van der Waals surface area contributed by atoms with E-state index in [9.17, 15) is 0 Å². The second-order valence-electron chi connectivity index (χ2n) is 8.59. The summed E-state index contributed by atoms with van der Waals surface area (Å²) >= 11 is 0. The molecule has 5 heteroatoms.